The Bertz CT molecular complexity index is 987. The molecular weight excluding hydrogens is 374 g/mol. The Hall–Kier alpha value is -2.12. The third-order valence-electron chi connectivity index (χ3n) is 4.63. The van der Waals surface area contributed by atoms with E-state index in [2.05, 4.69) is 15.0 Å². The van der Waals surface area contributed by atoms with Gasteiger partial charge >= 0.3 is 0 Å². The molecule has 8 heteroatoms. The fourth-order valence-electron chi connectivity index (χ4n) is 3.22. The molecule has 3 aromatic rings. The zero-order valence-corrected chi connectivity index (χ0v) is 16.3. The number of aliphatic hydroxyl groups excluding tert-OH is 1. The van der Waals surface area contributed by atoms with Gasteiger partial charge in [0.2, 0.25) is 5.28 Å². The van der Waals surface area contributed by atoms with Crippen LogP contribution in [0.3, 0.4) is 0 Å². The summed E-state index contributed by atoms with van der Waals surface area (Å²) in [6, 6.07) is 1.18. The highest BCUT2D eigenvalue weighted by molar-refractivity contribution is 6.28. The van der Waals surface area contributed by atoms with Gasteiger partial charge in [0, 0.05) is 17.7 Å². The van der Waals surface area contributed by atoms with Crippen molar-refractivity contribution in [3.63, 3.8) is 0 Å². The maximum absolute atomic E-state index is 14.8. The number of hydrogen-bond donors (Lipinski definition) is 1. The van der Waals surface area contributed by atoms with Gasteiger partial charge in [-0.2, -0.15) is 0 Å². The number of halogens is 3. The molecule has 144 valence electrons. The zero-order valence-electron chi connectivity index (χ0n) is 15.5. The number of imidazole rings is 1. The first kappa shape index (κ1) is 19.6. The van der Waals surface area contributed by atoms with Crippen molar-refractivity contribution < 1.29 is 13.9 Å². The molecule has 0 saturated heterocycles. The van der Waals surface area contributed by atoms with Crippen molar-refractivity contribution in [1.29, 1.82) is 0 Å². The van der Waals surface area contributed by atoms with Gasteiger partial charge in [-0.1, -0.05) is 27.7 Å². The van der Waals surface area contributed by atoms with Crippen LogP contribution in [0.5, 0.6) is 0 Å². The fourth-order valence-corrected chi connectivity index (χ4v) is 3.36. The predicted molar refractivity (Wildman–Crippen MR) is 99.9 cm³/mol. The topological polar surface area (TPSA) is 63.3 Å². The molecule has 0 aliphatic carbocycles. The zero-order chi connectivity index (χ0) is 19.9. The average molecular weight is 395 g/mol. The second-order valence-electron chi connectivity index (χ2n) is 7.18. The van der Waals surface area contributed by atoms with Crippen molar-refractivity contribution in [2.24, 2.45) is 5.92 Å². The molecule has 1 atom stereocenters. The standard InChI is InChI=1S/C19H21ClF2N4O/c1-9(2)12(8-27)17-15(10(3)4)24-18-13(21)5-11(7-26(17)18)16-14(22)6-23-19(20)25-16/h5-7,9-10,12,27H,8H2,1-4H3. The van der Waals surface area contributed by atoms with Crippen molar-refractivity contribution in [1.82, 2.24) is 19.4 Å². The highest BCUT2D eigenvalue weighted by atomic mass is 35.5. The molecule has 0 spiro atoms. The predicted octanol–water partition coefficient (Wildman–Crippen LogP) is 4.58. The Labute approximate surface area is 161 Å². The number of pyridine rings is 1. The molecule has 0 fully saturated rings. The molecule has 1 unspecified atom stereocenters. The number of nitrogens with zero attached hydrogens (tertiary/aromatic N) is 4. The van der Waals surface area contributed by atoms with E-state index in [0.29, 0.717) is 5.69 Å². The summed E-state index contributed by atoms with van der Waals surface area (Å²) in [6.07, 6.45) is 2.53. The molecule has 5 nitrogen and oxygen atoms in total. The van der Waals surface area contributed by atoms with E-state index in [-0.39, 0.29) is 46.5 Å². The minimum atomic E-state index is -0.702. The molecule has 0 amide bonds. The maximum Gasteiger partial charge on any atom is 0.223 e. The Morgan fingerprint density at radius 1 is 1.15 bits per heavy atom. The van der Waals surface area contributed by atoms with Gasteiger partial charge in [0.05, 0.1) is 24.2 Å². The van der Waals surface area contributed by atoms with Crippen molar-refractivity contribution >= 4 is 17.2 Å². The molecule has 1 N–H and O–H groups in total. The van der Waals surface area contributed by atoms with E-state index in [1.807, 2.05) is 27.7 Å². The highest BCUT2D eigenvalue weighted by Crippen LogP contribution is 2.34. The minimum absolute atomic E-state index is 0.0285. The van der Waals surface area contributed by atoms with Gasteiger partial charge in [0.25, 0.3) is 0 Å². The van der Waals surface area contributed by atoms with Crippen LogP contribution in [0.4, 0.5) is 8.78 Å². The second-order valence-corrected chi connectivity index (χ2v) is 7.51. The van der Waals surface area contributed by atoms with Crippen molar-refractivity contribution in [2.45, 2.75) is 39.5 Å². The molecule has 0 radical (unpaired) electrons. The van der Waals surface area contributed by atoms with E-state index in [1.54, 1.807) is 10.6 Å². The third-order valence-corrected chi connectivity index (χ3v) is 4.81. The molecule has 3 aromatic heterocycles. The summed E-state index contributed by atoms with van der Waals surface area (Å²) in [4.78, 5) is 11.9. The van der Waals surface area contributed by atoms with Gasteiger partial charge in [-0.25, -0.2) is 23.7 Å². The van der Waals surface area contributed by atoms with E-state index in [1.165, 1.54) is 6.07 Å². The lowest BCUT2D eigenvalue weighted by Gasteiger charge is -2.21. The summed E-state index contributed by atoms with van der Waals surface area (Å²) >= 11 is 5.78. The summed E-state index contributed by atoms with van der Waals surface area (Å²) in [7, 11) is 0. The van der Waals surface area contributed by atoms with Gasteiger partial charge in [0.15, 0.2) is 17.3 Å². The molecule has 3 heterocycles. The Balaban J connectivity index is 2.34. The number of aromatic nitrogens is 4. The Kier molecular flexibility index (Phi) is 5.44. The van der Waals surface area contributed by atoms with Crippen molar-refractivity contribution in [3.05, 3.63) is 46.8 Å². The smallest absolute Gasteiger partial charge is 0.223 e. The van der Waals surface area contributed by atoms with Crippen LogP contribution in [0, 0.1) is 17.6 Å². The van der Waals surface area contributed by atoms with Crippen LogP contribution in [-0.4, -0.2) is 31.1 Å². The second kappa shape index (κ2) is 7.48. The summed E-state index contributed by atoms with van der Waals surface area (Å²) in [6.45, 7) is 7.78. The van der Waals surface area contributed by atoms with Crippen molar-refractivity contribution in [2.75, 3.05) is 6.61 Å². The summed E-state index contributed by atoms with van der Waals surface area (Å²) in [5.41, 5.74) is 1.69. The number of rotatable bonds is 5. The Morgan fingerprint density at radius 3 is 2.44 bits per heavy atom. The third kappa shape index (κ3) is 3.53. The molecule has 0 bridgehead atoms. The van der Waals surface area contributed by atoms with Crippen LogP contribution in [0.25, 0.3) is 16.9 Å². The number of hydrogen-bond acceptors (Lipinski definition) is 4. The lowest BCUT2D eigenvalue weighted by Crippen LogP contribution is -2.16. The van der Waals surface area contributed by atoms with Crippen LogP contribution in [0.2, 0.25) is 5.28 Å². The average Bonchev–Trinajstić information content (AvgIpc) is 2.98. The number of aliphatic hydroxyl groups is 1. The van der Waals surface area contributed by atoms with E-state index in [9.17, 15) is 13.9 Å². The van der Waals surface area contributed by atoms with E-state index >= 15 is 0 Å². The normalized spacial score (nSPS) is 13.1. The highest BCUT2D eigenvalue weighted by Gasteiger charge is 2.27. The van der Waals surface area contributed by atoms with Gasteiger partial charge in [0.1, 0.15) is 5.69 Å². The van der Waals surface area contributed by atoms with Gasteiger partial charge < -0.3 is 9.51 Å². The minimum Gasteiger partial charge on any atom is -0.396 e. The van der Waals surface area contributed by atoms with Crippen molar-refractivity contribution in [3.8, 4) is 11.3 Å². The van der Waals surface area contributed by atoms with Gasteiger partial charge in [-0.05, 0) is 29.5 Å². The van der Waals surface area contributed by atoms with E-state index in [4.69, 9.17) is 11.6 Å². The Morgan fingerprint density at radius 2 is 1.85 bits per heavy atom. The first-order valence-corrected chi connectivity index (χ1v) is 9.13. The van der Waals surface area contributed by atoms with Crippen LogP contribution in [0.1, 0.15) is 50.9 Å². The fraction of sp³-hybridized carbons (Fsp3) is 0.421. The molecular formula is C19H21ClF2N4O. The lowest BCUT2D eigenvalue weighted by atomic mass is 9.89. The molecule has 0 aliphatic rings. The monoisotopic (exact) mass is 394 g/mol. The van der Waals surface area contributed by atoms with E-state index < -0.39 is 11.6 Å². The van der Waals surface area contributed by atoms with Crippen LogP contribution in [-0.2, 0) is 0 Å². The van der Waals surface area contributed by atoms with E-state index in [0.717, 1.165) is 11.9 Å². The van der Waals surface area contributed by atoms with Gasteiger partial charge in [-0.3, -0.25) is 0 Å². The first-order valence-electron chi connectivity index (χ1n) is 8.75. The molecule has 27 heavy (non-hydrogen) atoms. The SMILES string of the molecule is CC(C)c1nc2c(F)cc(-c3nc(Cl)ncc3F)cn2c1C(CO)C(C)C. The van der Waals surface area contributed by atoms with Crippen LogP contribution < -0.4 is 0 Å². The molecule has 0 saturated carbocycles. The largest absolute Gasteiger partial charge is 0.396 e. The maximum atomic E-state index is 14.8. The van der Waals surface area contributed by atoms with Crippen LogP contribution >= 0.6 is 11.6 Å². The molecule has 0 aliphatic heterocycles. The molecule has 3 rings (SSSR count). The van der Waals surface area contributed by atoms with Crippen LogP contribution in [0.15, 0.2) is 18.5 Å². The van der Waals surface area contributed by atoms with Gasteiger partial charge in [-0.15, -0.1) is 0 Å². The quantitative estimate of drug-likeness (QED) is 0.643. The summed E-state index contributed by atoms with van der Waals surface area (Å²) in [5, 5.41) is 9.81. The lowest BCUT2D eigenvalue weighted by molar-refractivity contribution is 0.233. The summed E-state index contributed by atoms with van der Waals surface area (Å²) in [5.74, 6) is -1.42. The number of fused-ring (bicyclic) bond motifs is 1. The summed E-state index contributed by atoms with van der Waals surface area (Å²) < 4.78 is 30.6. The molecule has 0 aromatic carbocycles. The first-order chi connectivity index (χ1) is 12.7.